The lowest BCUT2D eigenvalue weighted by Crippen LogP contribution is -2.34. The second-order valence-corrected chi connectivity index (χ2v) is 10.0. The topological polar surface area (TPSA) is 61.1 Å². The molecule has 2 heterocycles. The third kappa shape index (κ3) is 4.51. The molecular weight excluding hydrogens is 425 g/mol. The molecule has 0 bridgehead atoms. The van der Waals surface area contributed by atoms with Gasteiger partial charge in [0.2, 0.25) is 0 Å². The molecule has 4 rings (SSSR count). The van der Waals surface area contributed by atoms with Crippen LogP contribution in [0.2, 0.25) is 0 Å². The molecule has 0 saturated carbocycles. The van der Waals surface area contributed by atoms with Crippen LogP contribution in [0.15, 0.2) is 52.9 Å². The van der Waals surface area contributed by atoms with Crippen LogP contribution in [-0.2, 0) is 13.6 Å². The largest absolute Gasteiger partial charge is 0.497 e. The third-order valence-corrected chi connectivity index (χ3v) is 8.27. The van der Waals surface area contributed by atoms with Crippen LogP contribution < -0.4 is 4.74 Å². The number of furan rings is 1. The Hall–Kier alpha value is -2.11. The molecule has 0 N–H and O–H groups in total. The highest BCUT2D eigenvalue weighted by atomic mass is 31.2. The fourth-order valence-corrected chi connectivity index (χ4v) is 6.69. The Labute approximate surface area is 190 Å². The van der Waals surface area contributed by atoms with Crippen LogP contribution in [0.1, 0.15) is 44.7 Å². The number of likely N-dealkylation sites (tertiary alicyclic amines) is 1. The van der Waals surface area contributed by atoms with E-state index in [0.29, 0.717) is 30.3 Å². The molecular formula is C25H32NO5P. The molecule has 0 aliphatic carbocycles. The van der Waals surface area contributed by atoms with Crippen molar-refractivity contribution < 1.29 is 22.8 Å². The average Bonchev–Trinajstić information content (AvgIpc) is 3.18. The zero-order valence-electron chi connectivity index (χ0n) is 19.1. The van der Waals surface area contributed by atoms with Crippen LogP contribution in [0.3, 0.4) is 0 Å². The molecule has 1 atom stereocenters. The summed E-state index contributed by atoms with van der Waals surface area (Å²) in [5.41, 5.74) is 2.63. The number of rotatable bonds is 9. The highest BCUT2D eigenvalue weighted by Crippen LogP contribution is 2.64. The van der Waals surface area contributed by atoms with Gasteiger partial charge in [-0.05, 0) is 57.5 Å². The Balaban J connectivity index is 1.98. The lowest BCUT2D eigenvalue weighted by molar-refractivity contribution is 0.138. The van der Waals surface area contributed by atoms with Crippen molar-refractivity contribution in [1.29, 1.82) is 0 Å². The zero-order valence-corrected chi connectivity index (χ0v) is 20.0. The molecule has 1 aromatic heterocycles. The zero-order chi connectivity index (χ0) is 22.6. The van der Waals surface area contributed by atoms with Gasteiger partial charge >= 0.3 is 7.60 Å². The van der Waals surface area contributed by atoms with Crippen molar-refractivity contribution in [2.45, 2.75) is 38.9 Å². The summed E-state index contributed by atoms with van der Waals surface area (Å²) >= 11 is 0. The van der Waals surface area contributed by atoms with Gasteiger partial charge in [-0.3, -0.25) is 9.46 Å². The minimum absolute atomic E-state index is 0.302. The number of fused-ring (bicyclic) bond motifs is 1. The molecule has 0 spiro atoms. The Morgan fingerprint density at radius 2 is 1.69 bits per heavy atom. The van der Waals surface area contributed by atoms with Gasteiger partial charge in [-0.15, -0.1) is 0 Å². The highest BCUT2D eigenvalue weighted by Gasteiger charge is 2.45. The van der Waals surface area contributed by atoms with E-state index >= 15 is 0 Å². The number of hydrogen-bond acceptors (Lipinski definition) is 6. The second-order valence-electron chi connectivity index (χ2n) is 7.92. The minimum atomic E-state index is -3.54. The molecule has 2 aromatic carbocycles. The van der Waals surface area contributed by atoms with Crippen molar-refractivity contribution in [3.8, 4) is 16.9 Å². The number of nitrogens with zero attached hydrogens (tertiary/aromatic N) is 1. The van der Waals surface area contributed by atoms with Gasteiger partial charge in [-0.1, -0.05) is 36.8 Å². The molecule has 32 heavy (non-hydrogen) atoms. The van der Waals surface area contributed by atoms with E-state index in [2.05, 4.69) is 17.0 Å². The lowest BCUT2D eigenvalue weighted by atomic mass is 10.0. The first kappa shape index (κ1) is 23.1. The van der Waals surface area contributed by atoms with Gasteiger partial charge in [-0.2, -0.15) is 0 Å². The standard InChI is InChI=1S/C25H32NO5P/c1-4-29-32(27,30-5-2)25(26-16-10-7-11-17-26)24-23(19-12-8-6-9-13-19)21-15-14-20(28-3)18-22(21)31-24/h6,8-9,12-15,18,25H,4-5,7,10-11,16-17H2,1-3H3. The summed E-state index contributed by atoms with van der Waals surface area (Å²) in [5, 5.41) is 0.952. The summed E-state index contributed by atoms with van der Waals surface area (Å²) in [5.74, 6) is 0.729. The van der Waals surface area contributed by atoms with Gasteiger partial charge in [0, 0.05) is 17.0 Å². The number of piperidine rings is 1. The SMILES string of the molecule is CCOP(=O)(OCC)C(c1oc2cc(OC)ccc2c1-c1ccccc1)N1CCCCC1. The van der Waals surface area contributed by atoms with E-state index in [9.17, 15) is 4.57 Å². The van der Waals surface area contributed by atoms with Crippen molar-refractivity contribution in [1.82, 2.24) is 4.90 Å². The maximum Gasteiger partial charge on any atom is 0.355 e. The average molecular weight is 458 g/mol. The molecule has 1 saturated heterocycles. The van der Waals surface area contributed by atoms with Gasteiger partial charge in [0.05, 0.1) is 20.3 Å². The van der Waals surface area contributed by atoms with Gasteiger partial charge in [0.1, 0.15) is 17.1 Å². The molecule has 1 fully saturated rings. The van der Waals surface area contributed by atoms with Crippen LogP contribution in [0.5, 0.6) is 5.75 Å². The maximum atomic E-state index is 14.2. The van der Waals surface area contributed by atoms with Crippen LogP contribution >= 0.6 is 7.60 Å². The van der Waals surface area contributed by atoms with Gasteiger partial charge < -0.3 is 18.2 Å². The first-order valence-electron chi connectivity index (χ1n) is 11.4. The second kappa shape index (κ2) is 10.2. The summed E-state index contributed by atoms with van der Waals surface area (Å²) in [4.78, 5) is 2.22. The lowest BCUT2D eigenvalue weighted by Gasteiger charge is -2.37. The summed E-state index contributed by atoms with van der Waals surface area (Å²) in [6.07, 6.45) is 3.26. The number of ether oxygens (including phenoxy) is 1. The number of methoxy groups -OCH3 is 1. The normalized spacial score (nSPS) is 16.3. The van der Waals surface area contributed by atoms with E-state index in [-0.39, 0.29) is 0 Å². The Bertz CT molecular complexity index is 1060. The minimum Gasteiger partial charge on any atom is -0.497 e. The molecule has 0 amide bonds. The van der Waals surface area contributed by atoms with Crippen LogP contribution in [0.25, 0.3) is 22.1 Å². The third-order valence-electron chi connectivity index (χ3n) is 5.88. The summed E-state index contributed by atoms with van der Waals surface area (Å²) < 4.78 is 37.9. The van der Waals surface area contributed by atoms with Gasteiger partial charge in [-0.25, -0.2) is 0 Å². The Kier molecular flexibility index (Phi) is 7.37. The highest BCUT2D eigenvalue weighted by molar-refractivity contribution is 7.54. The molecule has 3 aromatic rings. The fourth-order valence-electron chi connectivity index (χ4n) is 4.52. The summed E-state index contributed by atoms with van der Waals surface area (Å²) in [6, 6.07) is 15.9. The van der Waals surface area contributed by atoms with Crippen molar-refractivity contribution in [3.63, 3.8) is 0 Å². The van der Waals surface area contributed by atoms with Crippen molar-refractivity contribution >= 4 is 18.6 Å². The van der Waals surface area contributed by atoms with Gasteiger partial charge in [0.15, 0.2) is 5.78 Å². The quantitative estimate of drug-likeness (QED) is 0.327. The van der Waals surface area contributed by atoms with E-state index in [1.165, 1.54) is 6.42 Å². The predicted molar refractivity (Wildman–Crippen MR) is 127 cm³/mol. The van der Waals surface area contributed by atoms with Crippen molar-refractivity contribution in [2.75, 3.05) is 33.4 Å². The monoisotopic (exact) mass is 457 g/mol. The molecule has 0 radical (unpaired) electrons. The summed E-state index contributed by atoms with van der Waals surface area (Å²) in [6.45, 7) is 5.95. The van der Waals surface area contributed by atoms with E-state index in [4.69, 9.17) is 18.2 Å². The number of hydrogen-bond donors (Lipinski definition) is 0. The molecule has 1 aliphatic heterocycles. The van der Waals surface area contributed by atoms with E-state index in [1.54, 1.807) is 7.11 Å². The first-order chi connectivity index (χ1) is 15.6. The Morgan fingerprint density at radius 1 is 1.00 bits per heavy atom. The van der Waals surface area contributed by atoms with Gasteiger partial charge in [0.25, 0.3) is 0 Å². The maximum absolute atomic E-state index is 14.2. The van der Waals surface area contributed by atoms with Crippen LogP contribution in [-0.4, -0.2) is 38.3 Å². The van der Waals surface area contributed by atoms with Crippen molar-refractivity contribution in [2.24, 2.45) is 0 Å². The van der Waals surface area contributed by atoms with E-state index < -0.39 is 13.4 Å². The predicted octanol–water partition coefficient (Wildman–Crippen LogP) is 6.86. The fraction of sp³-hybridized carbons (Fsp3) is 0.440. The summed E-state index contributed by atoms with van der Waals surface area (Å²) in [7, 11) is -1.90. The molecule has 1 aliphatic rings. The molecule has 6 nitrogen and oxygen atoms in total. The number of benzene rings is 2. The molecule has 7 heteroatoms. The molecule has 1 unspecified atom stereocenters. The van der Waals surface area contributed by atoms with E-state index in [1.807, 2.05) is 50.2 Å². The Morgan fingerprint density at radius 3 is 2.31 bits per heavy atom. The van der Waals surface area contributed by atoms with Crippen LogP contribution in [0.4, 0.5) is 0 Å². The van der Waals surface area contributed by atoms with Crippen LogP contribution in [0, 0.1) is 0 Å². The molecule has 172 valence electrons. The van der Waals surface area contributed by atoms with E-state index in [0.717, 1.165) is 42.4 Å². The van der Waals surface area contributed by atoms with Crippen molar-refractivity contribution in [3.05, 3.63) is 54.3 Å². The first-order valence-corrected chi connectivity index (χ1v) is 13.0. The smallest absolute Gasteiger partial charge is 0.355 e.